The summed E-state index contributed by atoms with van der Waals surface area (Å²) in [5, 5.41) is 0. The van der Waals surface area contributed by atoms with E-state index in [-0.39, 0.29) is 5.52 Å². The zero-order valence-corrected chi connectivity index (χ0v) is 17.0. The Labute approximate surface area is 146 Å². The van der Waals surface area contributed by atoms with E-state index in [0.29, 0.717) is 17.2 Å². The van der Waals surface area contributed by atoms with Crippen LogP contribution in [0.3, 0.4) is 0 Å². The highest BCUT2D eigenvalue weighted by Crippen LogP contribution is 2.33. The van der Waals surface area contributed by atoms with Gasteiger partial charge in [-0.2, -0.15) is 0 Å². The second kappa shape index (κ2) is 14.4. The highest BCUT2D eigenvalue weighted by Gasteiger charge is 2.21. The molecule has 23 heavy (non-hydrogen) atoms. The summed E-state index contributed by atoms with van der Waals surface area (Å²) in [5.74, 6) is 0. The zero-order chi connectivity index (χ0) is 17.6. The second-order valence-corrected chi connectivity index (χ2v) is 9.60. The van der Waals surface area contributed by atoms with E-state index >= 15 is 0 Å². The third kappa shape index (κ3) is 16.7. The number of carbonyl (C=O) groups excluding carboxylic acids is 1. The maximum Gasteiger partial charge on any atom is 0.234 e. The van der Waals surface area contributed by atoms with E-state index in [2.05, 4.69) is 6.92 Å². The first-order chi connectivity index (χ1) is 10.9. The van der Waals surface area contributed by atoms with Crippen LogP contribution in [0.25, 0.3) is 0 Å². The van der Waals surface area contributed by atoms with E-state index in [1.165, 1.54) is 64.2 Å². The lowest BCUT2D eigenvalue weighted by Crippen LogP contribution is -2.39. The van der Waals surface area contributed by atoms with Gasteiger partial charge in [-0.3, -0.25) is 4.79 Å². The Morgan fingerprint density at radius 3 is 1.57 bits per heavy atom. The molecule has 0 aromatic carbocycles. The normalized spacial score (nSPS) is 13.3. The molecule has 0 aromatic heterocycles. The topological polar surface area (TPSA) is 37.3 Å². The highest BCUT2D eigenvalue weighted by molar-refractivity contribution is 7.69. The lowest BCUT2D eigenvalue weighted by Gasteiger charge is -2.23. The van der Waals surface area contributed by atoms with Gasteiger partial charge >= 0.3 is 0 Å². The molecule has 0 saturated heterocycles. The Kier molecular flexibility index (Phi) is 14.4. The third-order valence-corrected chi connectivity index (χ3v) is 5.58. The minimum atomic E-state index is -1.40. The van der Waals surface area contributed by atoms with E-state index < -0.39 is 8.15 Å². The number of rotatable bonds is 16. The van der Waals surface area contributed by atoms with E-state index in [9.17, 15) is 9.69 Å². The van der Waals surface area contributed by atoms with E-state index in [1.807, 2.05) is 21.1 Å². The second-order valence-electron chi connectivity index (χ2n) is 7.85. The van der Waals surface area contributed by atoms with Crippen molar-refractivity contribution < 1.29 is 14.2 Å². The average Bonchev–Trinajstić information content (AvgIpc) is 2.46. The molecule has 138 valence electrons. The summed E-state index contributed by atoms with van der Waals surface area (Å²) in [6.45, 7) is 2.71. The molecule has 0 aromatic rings. The standard InChI is InChI=1S/C19H41NO2P/c1-5-6-7-8-9-10-11-12-13-14-15-16-17-23(22)19(21)18-20(2,3)4/h22H,5-18H2,1-4H3/q+1. The molecule has 1 unspecified atom stereocenters. The van der Waals surface area contributed by atoms with Crippen molar-refractivity contribution in [3.63, 3.8) is 0 Å². The van der Waals surface area contributed by atoms with Crippen LogP contribution < -0.4 is 0 Å². The molecule has 0 saturated carbocycles. The lowest BCUT2D eigenvalue weighted by molar-refractivity contribution is -0.861. The molecule has 0 radical (unpaired) electrons. The predicted octanol–water partition coefficient (Wildman–Crippen LogP) is 5.31. The van der Waals surface area contributed by atoms with Gasteiger partial charge < -0.3 is 9.38 Å². The molecule has 0 aliphatic rings. The lowest BCUT2D eigenvalue weighted by atomic mass is 10.1. The van der Waals surface area contributed by atoms with Crippen LogP contribution in [-0.4, -0.2) is 48.8 Å². The van der Waals surface area contributed by atoms with Crippen molar-refractivity contribution in [3.8, 4) is 0 Å². The Hall–Kier alpha value is 0.0200. The first kappa shape index (κ1) is 23.0. The number of likely N-dealkylation sites (N-methyl/N-ethyl adjacent to an activating group) is 1. The Morgan fingerprint density at radius 2 is 1.17 bits per heavy atom. The summed E-state index contributed by atoms with van der Waals surface area (Å²) in [6, 6.07) is 0. The summed E-state index contributed by atoms with van der Waals surface area (Å²) >= 11 is 0. The van der Waals surface area contributed by atoms with E-state index in [0.717, 1.165) is 12.8 Å². The van der Waals surface area contributed by atoms with Gasteiger partial charge in [0.25, 0.3) is 0 Å². The van der Waals surface area contributed by atoms with Gasteiger partial charge in [-0.1, -0.05) is 77.6 Å². The number of hydrogen-bond acceptors (Lipinski definition) is 2. The van der Waals surface area contributed by atoms with Gasteiger partial charge in [0, 0.05) is 0 Å². The molecule has 0 spiro atoms. The van der Waals surface area contributed by atoms with Crippen molar-refractivity contribution in [2.75, 3.05) is 33.8 Å². The van der Waals surface area contributed by atoms with Crippen molar-refractivity contribution >= 4 is 13.7 Å². The fourth-order valence-corrected chi connectivity index (χ4v) is 4.07. The first-order valence-corrected chi connectivity index (χ1v) is 11.1. The smallest absolute Gasteiger partial charge is 0.234 e. The first-order valence-electron chi connectivity index (χ1n) is 9.66. The van der Waals surface area contributed by atoms with Crippen LogP contribution in [0.15, 0.2) is 0 Å². The molecule has 0 bridgehead atoms. The van der Waals surface area contributed by atoms with Crippen LogP contribution in [0.1, 0.15) is 84.0 Å². The van der Waals surface area contributed by atoms with Gasteiger partial charge in [-0.15, -0.1) is 0 Å². The van der Waals surface area contributed by atoms with Gasteiger partial charge in [0.2, 0.25) is 5.52 Å². The maximum atomic E-state index is 11.9. The fourth-order valence-electron chi connectivity index (χ4n) is 2.71. The third-order valence-electron chi connectivity index (χ3n) is 4.12. The highest BCUT2D eigenvalue weighted by atomic mass is 31.1. The molecule has 0 heterocycles. The van der Waals surface area contributed by atoms with E-state index in [1.54, 1.807) is 0 Å². The Bertz CT molecular complexity index is 290. The van der Waals surface area contributed by atoms with Crippen LogP contribution in [0, 0.1) is 0 Å². The molecule has 0 aliphatic carbocycles. The molecule has 0 fully saturated rings. The molecule has 1 N–H and O–H groups in total. The SMILES string of the molecule is CCCCCCCCCCCCCCP(O)C(=O)C[N+](C)(C)C. The average molecular weight is 347 g/mol. The van der Waals surface area contributed by atoms with Crippen molar-refractivity contribution in [1.29, 1.82) is 0 Å². The van der Waals surface area contributed by atoms with Crippen molar-refractivity contribution in [3.05, 3.63) is 0 Å². The van der Waals surface area contributed by atoms with E-state index in [4.69, 9.17) is 0 Å². The predicted molar refractivity (Wildman–Crippen MR) is 103 cm³/mol. The van der Waals surface area contributed by atoms with Gasteiger partial charge in [-0.25, -0.2) is 0 Å². The summed E-state index contributed by atoms with van der Waals surface area (Å²) in [7, 11) is 4.57. The van der Waals surface area contributed by atoms with Gasteiger partial charge in [-0.05, 0) is 12.6 Å². The number of carbonyl (C=O) groups is 1. The molecule has 3 nitrogen and oxygen atoms in total. The Morgan fingerprint density at radius 1 is 0.783 bits per heavy atom. The summed E-state index contributed by atoms with van der Waals surface area (Å²) in [6.07, 6.45) is 16.5. The minimum Gasteiger partial charge on any atom is -0.366 e. The largest absolute Gasteiger partial charge is 0.366 e. The van der Waals surface area contributed by atoms with Crippen molar-refractivity contribution in [1.82, 2.24) is 0 Å². The number of unbranched alkanes of at least 4 members (excludes halogenated alkanes) is 11. The van der Waals surface area contributed by atoms with Gasteiger partial charge in [0.15, 0.2) is 0 Å². The van der Waals surface area contributed by atoms with Crippen molar-refractivity contribution in [2.24, 2.45) is 0 Å². The maximum absolute atomic E-state index is 11.9. The van der Waals surface area contributed by atoms with Crippen molar-refractivity contribution in [2.45, 2.75) is 84.0 Å². The number of quaternary nitrogens is 1. The number of hydrogen-bond donors (Lipinski definition) is 1. The van der Waals surface area contributed by atoms with Crippen LogP contribution in [-0.2, 0) is 4.79 Å². The summed E-state index contributed by atoms with van der Waals surface area (Å²) < 4.78 is 0.608. The quantitative estimate of drug-likeness (QED) is 0.234. The van der Waals surface area contributed by atoms with Crippen LogP contribution in [0.4, 0.5) is 0 Å². The fraction of sp³-hybridized carbons (Fsp3) is 0.947. The zero-order valence-electron chi connectivity index (χ0n) is 16.1. The molecule has 0 aliphatic heterocycles. The number of nitrogens with zero attached hydrogens (tertiary/aromatic N) is 1. The van der Waals surface area contributed by atoms with Crippen LogP contribution >= 0.6 is 8.15 Å². The minimum absolute atomic E-state index is 0.0515. The molecule has 0 rings (SSSR count). The summed E-state index contributed by atoms with van der Waals surface area (Å²) in [4.78, 5) is 21.8. The molecule has 1 atom stereocenters. The molecule has 4 heteroatoms. The molecule has 0 amide bonds. The van der Waals surface area contributed by atoms with Gasteiger partial charge in [0.1, 0.15) is 14.7 Å². The molecular weight excluding hydrogens is 305 g/mol. The van der Waals surface area contributed by atoms with Crippen LogP contribution in [0.5, 0.6) is 0 Å². The van der Waals surface area contributed by atoms with Crippen LogP contribution in [0.2, 0.25) is 0 Å². The Balaban J connectivity index is 3.34. The monoisotopic (exact) mass is 346 g/mol. The summed E-state index contributed by atoms with van der Waals surface area (Å²) in [5.41, 5.74) is 0.0515. The molecular formula is C19H41NO2P+. The van der Waals surface area contributed by atoms with Gasteiger partial charge in [0.05, 0.1) is 21.1 Å².